The molecular formula is C24H29N3O4S. The summed E-state index contributed by atoms with van der Waals surface area (Å²) in [5.41, 5.74) is 1.90. The third kappa shape index (κ3) is 4.80. The Kier molecular flexibility index (Phi) is 6.24. The molecule has 1 N–H and O–H groups in total. The zero-order valence-corrected chi connectivity index (χ0v) is 19.3. The number of benzene rings is 2. The molecule has 1 aliphatic heterocycles. The summed E-state index contributed by atoms with van der Waals surface area (Å²) in [4.78, 5) is 27.3. The van der Waals surface area contributed by atoms with Crippen molar-refractivity contribution in [1.29, 1.82) is 0 Å². The lowest BCUT2D eigenvalue weighted by Gasteiger charge is -2.32. The Morgan fingerprint density at radius 1 is 1.06 bits per heavy atom. The van der Waals surface area contributed by atoms with Crippen LogP contribution in [0.5, 0.6) is 0 Å². The van der Waals surface area contributed by atoms with Crippen LogP contribution in [0.15, 0.2) is 53.4 Å². The minimum absolute atomic E-state index is 0.0149. The molecule has 1 saturated carbocycles. The van der Waals surface area contributed by atoms with Gasteiger partial charge in [0.2, 0.25) is 5.91 Å². The van der Waals surface area contributed by atoms with E-state index in [1.807, 2.05) is 19.1 Å². The molecule has 1 aliphatic carbocycles. The number of carbonyl (C=O) groups excluding carboxylic acids is 2. The van der Waals surface area contributed by atoms with Gasteiger partial charge in [-0.1, -0.05) is 23.8 Å². The molecule has 1 saturated heterocycles. The topological polar surface area (TPSA) is 86.8 Å². The lowest BCUT2D eigenvalue weighted by atomic mass is 9.96. The van der Waals surface area contributed by atoms with Crippen molar-refractivity contribution in [3.8, 4) is 0 Å². The summed E-state index contributed by atoms with van der Waals surface area (Å²) in [5, 5.41) is 3.02. The van der Waals surface area contributed by atoms with Gasteiger partial charge >= 0.3 is 0 Å². The molecule has 0 bridgehead atoms. The highest BCUT2D eigenvalue weighted by atomic mass is 32.2. The highest BCUT2D eigenvalue weighted by Crippen LogP contribution is 2.25. The van der Waals surface area contributed by atoms with E-state index in [4.69, 9.17) is 0 Å². The number of hydrogen-bond donors (Lipinski definition) is 1. The van der Waals surface area contributed by atoms with Crippen molar-refractivity contribution in [3.05, 3.63) is 59.7 Å². The Morgan fingerprint density at radius 3 is 2.47 bits per heavy atom. The molecule has 2 aliphatic rings. The van der Waals surface area contributed by atoms with Gasteiger partial charge in [-0.2, -0.15) is 0 Å². The van der Waals surface area contributed by atoms with Gasteiger partial charge in [-0.25, -0.2) is 8.42 Å². The highest BCUT2D eigenvalue weighted by Gasteiger charge is 2.32. The standard InChI is InChI=1S/C24H29N3O4S/c1-17-8-12-21(13-9-17)26(2)32(30,31)22-7-3-5-18(15-22)24(29)27-14-4-6-19(16-27)23(28)25-20-10-11-20/h3,5,7-9,12-13,15,19-20H,4,6,10-11,14,16H2,1-2H3,(H,25,28). The average molecular weight is 456 g/mol. The summed E-state index contributed by atoms with van der Waals surface area (Å²) < 4.78 is 27.6. The number of aryl methyl sites for hydroxylation is 1. The summed E-state index contributed by atoms with van der Waals surface area (Å²) >= 11 is 0. The maximum absolute atomic E-state index is 13.2. The zero-order chi connectivity index (χ0) is 22.9. The first kappa shape index (κ1) is 22.3. The normalized spacial score (nSPS) is 18.8. The molecule has 0 radical (unpaired) electrons. The van der Waals surface area contributed by atoms with E-state index in [9.17, 15) is 18.0 Å². The molecule has 1 unspecified atom stereocenters. The highest BCUT2D eigenvalue weighted by molar-refractivity contribution is 7.92. The van der Waals surface area contributed by atoms with Crippen LogP contribution < -0.4 is 9.62 Å². The third-order valence-corrected chi connectivity index (χ3v) is 7.92. The number of hydrogen-bond acceptors (Lipinski definition) is 4. The fourth-order valence-electron chi connectivity index (χ4n) is 3.95. The largest absolute Gasteiger partial charge is 0.353 e. The van der Waals surface area contributed by atoms with Crippen LogP contribution >= 0.6 is 0 Å². The van der Waals surface area contributed by atoms with Crippen LogP contribution in [0.3, 0.4) is 0 Å². The molecule has 0 aromatic heterocycles. The predicted octanol–water partition coefficient (Wildman–Crippen LogP) is 2.95. The summed E-state index contributed by atoms with van der Waals surface area (Å²) in [6, 6.07) is 13.6. The van der Waals surface area contributed by atoms with Gasteiger partial charge in [-0.05, 0) is 62.9 Å². The van der Waals surface area contributed by atoms with E-state index in [0.29, 0.717) is 30.4 Å². The number of likely N-dealkylation sites (tertiary alicyclic amines) is 1. The second kappa shape index (κ2) is 8.94. The minimum Gasteiger partial charge on any atom is -0.353 e. The molecule has 1 heterocycles. The van der Waals surface area contributed by atoms with Crippen molar-refractivity contribution in [2.24, 2.45) is 5.92 Å². The van der Waals surface area contributed by atoms with E-state index in [-0.39, 0.29) is 22.6 Å². The lowest BCUT2D eigenvalue weighted by Crippen LogP contribution is -2.45. The van der Waals surface area contributed by atoms with Crippen LogP contribution in [0.4, 0.5) is 5.69 Å². The van der Waals surface area contributed by atoms with Gasteiger partial charge in [0.25, 0.3) is 15.9 Å². The summed E-state index contributed by atoms with van der Waals surface area (Å²) in [5.74, 6) is -0.446. The Bertz CT molecular complexity index is 1110. The molecular weight excluding hydrogens is 426 g/mol. The number of amides is 2. The summed E-state index contributed by atoms with van der Waals surface area (Å²) in [6.45, 7) is 2.86. The smallest absolute Gasteiger partial charge is 0.264 e. The molecule has 2 fully saturated rings. The van der Waals surface area contributed by atoms with E-state index in [0.717, 1.165) is 31.2 Å². The van der Waals surface area contributed by atoms with Crippen molar-refractivity contribution in [2.75, 3.05) is 24.4 Å². The fraction of sp³-hybridized carbons (Fsp3) is 0.417. The third-order valence-electron chi connectivity index (χ3n) is 6.14. The van der Waals surface area contributed by atoms with Crippen LogP contribution in [0.25, 0.3) is 0 Å². The van der Waals surface area contributed by atoms with Crippen molar-refractivity contribution in [3.63, 3.8) is 0 Å². The van der Waals surface area contributed by atoms with Crippen molar-refractivity contribution in [1.82, 2.24) is 10.2 Å². The predicted molar refractivity (Wildman–Crippen MR) is 123 cm³/mol. The first-order chi connectivity index (χ1) is 15.3. The molecule has 2 aromatic rings. The van der Waals surface area contributed by atoms with E-state index >= 15 is 0 Å². The Labute approximate surface area is 189 Å². The van der Waals surface area contributed by atoms with Gasteiger partial charge in [0, 0.05) is 31.7 Å². The number of nitrogens with one attached hydrogen (secondary N) is 1. The molecule has 1 atom stereocenters. The van der Waals surface area contributed by atoms with Crippen LogP contribution in [0.2, 0.25) is 0 Å². The van der Waals surface area contributed by atoms with Crippen LogP contribution in [-0.2, 0) is 14.8 Å². The van der Waals surface area contributed by atoms with Crippen LogP contribution in [0.1, 0.15) is 41.6 Å². The van der Waals surface area contributed by atoms with Gasteiger partial charge in [-0.15, -0.1) is 0 Å². The Morgan fingerprint density at radius 2 is 1.78 bits per heavy atom. The van der Waals surface area contributed by atoms with E-state index < -0.39 is 10.0 Å². The number of nitrogens with zero attached hydrogens (tertiary/aromatic N) is 2. The second-order valence-electron chi connectivity index (χ2n) is 8.71. The lowest BCUT2D eigenvalue weighted by molar-refractivity contribution is -0.126. The number of anilines is 1. The molecule has 0 spiro atoms. The SMILES string of the molecule is Cc1ccc(N(C)S(=O)(=O)c2cccc(C(=O)N3CCCC(C(=O)NC4CC4)C3)c2)cc1. The van der Waals surface area contributed by atoms with Gasteiger partial charge in [0.1, 0.15) is 0 Å². The number of piperidine rings is 1. The van der Waals surface area contributed by atoms with E-state index in [2.05, 4.69) is 5.32 Å². The maximum Gasteiger partial charge on any atom is 0.264 e. The molecule has 8 heteroatoms. The Hall–Kier alpha value is -2.87. The summed E-state index contributed by atoms with van der Waals surface area (Å²) in [7, 11) is -2.32. The minimum atomic E-state index is -3.82. The van der Waals surface area contributed by atoms with Crippen molar-refractivity contribution >= 4 is 27.5 Å². The zero-order valence-electron chi connectivity index (χ0n) is 18.5. The molecule has 4 rings (SSSR count). The van der Waals surface area contributed by atoms with Gasteiger partial charge in [-0.3, -0.25) is 13.9 Å². The van der Waals surface area contributed by atoms with Crippen LogP contribution in [-0.4, -0.2) is 51.3 Å². The van der Waals surface area contributed by atoms with Gasteiger partial charge < -0.3 is 10.2 Å². The quantitative estimate of drug-likeness (QED) is 0.726. The fourth-order valence-corrected chi connectivity index (χ4v) is 5.19. The van der Waals surface area contributed by atoms with Crippen molar-refractivity contribution < 1.29 is 18.0 Å². The molecule has 2 aromatic carbocycles. The molecule has 32 heavy (non-hydrogen) atoms. The molecule has 2 amide bonds. The number of rotatable bonds is 6. The van der Waals surface area contributed by atoms with E-state index in [1.165, 1.54) is 23.5 Å². The van der Waals surface area contributed by atoms with Gasteiger partial charge in [0.05, 0.1) is 16.5 Å². The molecule has 170 valence electrons. The second-order valence-corrected chi connectivity index (χ2v) is 10.7. The Balaban J connectivity index is 1.50. The van der Waals surface area contributed by atoms with E-state index in [1.54, 1.807) is 29.2 Å². The first-order valence-electron chi connectivity index (χ1n) is 11.0. The van der Waals surface area contributed by atoms with Crippen molar-refractivity contribution in [2.45, 2.75) is 43.5 Å². The maximum atomic E-state index is 13.2. The number of sulfonamides is 1. The molecule has 7 nitrogen and oxygen atoms in total. The monoisotopic (exact) mass is 455 g/mol. The first-order valence-corrected chi connectivity index (χ1v) is 12.4. The van der Waals surface area contributed by atoms with Gasteiger partial charge in [0.15, 0.2) is 0 Å². The van der Waals surface area contributed by atoms with Crippen LogP contribution in [0, 0.1) is 12.8 Å². The summed E-state index contributed by atoms with van der Waals surface area (Å²) in [6.07, 6.45) is 3.57. The number of carbonyl (C=O) groups is 2. The average Bonchev–Trinajstić information content (AvgIpc) is 3.62.